The van der Waals surface area contributed by atoms with Crippen LogP contribution >= 0.6 is 0 Å². The maximum absolute atomic E-state index is 9.18. The third kappa shape index (κ3) is 21.0. The minimum Gasteiger partial charge on any atom is -0.391 e. The van der Waals surface area contributed by atoms with Crippen molar-refractivity contribution >= 4 is 0 Å². The van der Waals surface area contributed by atoms with Crippen molar-refractivity contribution < 1.29 is 9.59 Å². The number of likely N-dealkylation sites (N-methyl/N-ethyl adjacent to an activating group) is 1. The first-order valence-electron chi connectivity index (χ1n) is 13.6. The Balaban J connectivity index is 3.15. The highest BCUT2D eigenvalue weighted by atomic mass is 16.3. The second kappa shape index (κ2) is 22.6. The smallest absolute Gasteiger partial charge is 0.102 e. The molecule has 0 amide bonds. The van der Waals surface area contributed by atoms with E-state index in [9.17, 15) is 5.11 Å². The number of hydrogen-bond acceptors (Lipinski definition) is 1. The van der Waals surface area contributed by atoms with Crippen molar-refractivity contribution in [1.82, 2.24) is 0 Å². The first-order valence-corrected chi connectivity index (χ1v) is 13.6. The lowest BCUT2D eigenvalue weighted by atomic mass is 10.0. The molecule has 1 unspecified atom stereocenters. The van der Waals surface area contributed by atoms with E-state index in [2.05, 4.69) is 20.9 Å². The topological polar surface area (TPSA) is 20.2 Å². The Kier molecular flexibility index (Phi) is 22.5. The molecule has 0 rings (SSSR count). The molecule has 0 radical (unpaired) electrons. The van der Waals surface area contributed by atoms with E-state index in [1.807, 2.05) is 0 Å². The van der Waals surface area contributed by atoms with Crippen LogP contribution in [-0.4, -0.2) is 42.9 Å². The van der Waals surface area contributed by atoms with Gasteiger partial charge in [-0.1, -0.05) is 122 Å². The van der Waals surface area contributed by atoms with Crippen LogP contribution in [0.25, 0.3) is 0 Å². The Morgan fingerprint density at radius 3 is 1.03 bits per heavy atom. The molecular weight excluding hydrogens is 354 g/mol. The van der Waals surface area contributed by atoms with E-state index >= 15 is 0 Å². The van der Waals surface area contributed by atoms with Gasteiger partial charge in [0.2, 0.25) is 0 Å². The zero-order valence-electron chi connectivity index (χ0n) is 20.9. The highest BCUT2D eigenvalue weighted by molar-refractivity contribution is 4.51. The van der Waals surface area contributed by atoms with Crippen molar-refractivity contribution in [2.75, 3.05) is 33.3 Å². The fraction of sp³-hybridized carbons (Fsp3) is 1.00. The van der Waals surface area contributed by atoms with Gasteiger partial charge in [0.15, 0.2) is 0 Å². The number of aliphatic hydroxyl groups is 1. The van der Waals surface area contributed by atoms with E-state index in [0.29, 0.717) is 6.61 Å². The molecule has 1 atom stereocenters. The minimum atomic E-state index is 0.323. The van der Waals surface area contributed by atoms with Crippen molar-refractivity contribution in [2.24, 2.45) is 0 Å². The lowest BCUT2D eigenvalue weighted by Gasteiger charge is -2.32. The molecule has 0 heterocycles. The molecule has 0 aromatic heterocycles. The predicted molar refractivity (Wildman–Crippen MR) is 132 cm³/mol. The largest absolute Gasteiger partial charge is 0.391 e. The minimum absolute atomic E-state index is 0.323. The first kappa shape index (κ1) is 28.9. The van der Waals surface area contributed by atoms with E-state index in [1.54, 1.807) is 0 Å². The van der Waals surface area contributed by atoms with Crippen LogP contribution in [0, 0.1) is 0 Å². The number of quaternary nitrogens is 1. The fourth-order valence-corrected chi connectivity index (χ4v) is 4.42. The van der Waals surface area contributed by atoms with Gasteiger partial charge in [0.25, 0.3) is 0 Å². The lowest BCUT2D eigenvalue weighted by Crippen LogP contribution is -2.46. The van der Waals surface area contributed by atoms with Gasteiger partial charge in [-0.25, -0.2) is 0 Å². The van der Waals surface area contributed by atoms with Crippen LogP contribution in [0.4, 0.5) is 0 Å². The normalized spacial score (nSPS) is 13.7. The van der Waals surface area contributed by atoms with Gasteiger partial charge < -0.3 is 9.59 Å². The number of unbranched alkanes of at least 4 members (excludes halogenated alkanes) is 19. The Bertz CT molecular complexity index is 307. The summed E-state index contributed by atoms with van der Waals surface area (Å²) in [5.41, 5.74) is 0. The zero-order valence-corrected chi connectivity index (χ0v) is 20.9. The molecule has 0 saturated carbocycles. The van der Waals surface area contributed by atoms with Gasteiger partial charge in [-0.3, -0.25) is 0 Å². The number of hydrogen-bond donors (Lipinski definition) is 1. The molecule has 1 N–H and O–H groups in total. The Hall–Kier alpha value is -0.0800. The Morgan fingerprint density at radius 1 is 0.448 bits per heavy atom. The van der Waals surface area contributed by atoms with Crippen molar-refractivity contribution in [3.63, 3.8) is 0 Å². The lowest BCUT2D eigenvalue weighted by molar-refractivity contribution is -0.908. The van der Waals surface area contributed by atoms with Crippen LogP contribution in [-0.2, 0) is 0 Å². The van der Waals surface area contributed by atoms with Crippen LogP contribution in [0.5, 0.6) is 0 Å². The van der Waals surface area contributed by atoms with Crippen LogP contribution < -0.4 is 0 Å². The second-order valence-corrected chi connectivity index (χ2v) is 9.82. The standard InChI is InChI=1S/C27H58NO/c1-4-6-7-8-9-10-11-12-13-14-15-16-17-18-19-20-21-22-23-24-25-28(3,5-2)26-27-29/h29H,4-27H2,1-3H3/q+1. The molecule has 0 aromatic carbocycles. The SMILES string of the molecule is CCCCCCCCCCCCCCCCCCCCCC[N+](C)(CC)CCO. The second-order valence-electron chi connectivity index (χ2n) is 9.82. The highest BCUT2D eigenvalue weighted by Gasteiger charge is 2.17. The average molecular weight is 413 g/mol. The fourth-order valence-electron chi connectivity index (χ4n) is 4.42. The van der Waals surface area contributed by atoms with Crippen LogP contribution in [0.2, 0.25) is 0 Å². The number of rotatable bonds is 24. The van der Waals surface area contributed by atoms with E-state index in [0.717, 1.165) is 17.6 Å². The van der Waals surface area contributed by atoms with Crippen molar-refractivity contribution in [2.45, 2.75) is 142 Å². The summed E-state index contributed by atoms with van der Waals surface area (Å²) >= 11 is 0. The summed E-state index contributed by atoms with van der Waals surface area (Å²) in [6, 6.07) is 0. The molecule has 0 bridgehead atoms. The third-order valence-corrected chi connectivity index (χ3v) is 6.95. The molecule has 0 fully saturated rings. The monoisotopic (exact) mass is 412 g/mol. The molecule has 2 heteroatoms. The van der Waals surface area contributed by atoms with Gasteiger partial charge in [-0.15, -0.1) is 0 Å². The molecule has 0 aliphatic carbocycles. The van der Waals surface area contributed by atoms with Gasteiger partial charge in [-0.05, 0) is 19.8 Å². The predicted octanol–water partition coefficient (Wildman–Crippen LogP) is 8.27. The molecule has 2 nitrogen and oxygen atoms in total. The number of nitrogens with zero attached hydrogens (tertiary/aromatic N) is 1. The summed E-state index contributed by atoms with van der Waals surface area (Å²) in [6.45, 7) is 8.15. The van der Waals surface area contributed by atoms with Crippen LogP contribution in [0.15, 0.2) is 0 Å². The molecule has 0 spiro atoms. The summed E-state index contributed by atoms with van der Waals surface area (Å²) in [4.78, 5) is 0. The molecule has 0 saturated heterocycles. The maximum Gasteiger partial charge on any atom is 0.102 e. The molecule has 0 aromatic rings. The quantitative estimate of drug-likeness (QED) is 0.125. The molecule has 176 valence electrons. The van der Waals surface area contributed by atoms with E-state index in [4.69, 9.17) is 0 Å². The highest BCUT2D eigenvalue weighted by Crippen LogP contribution is 2.15. The van der Waals surface area contributed by atoms with Gasteiger partial charge in [0.1, 0.15) is 6.54 Å². The van der Waals surface area contributed by atoms with Crippen LogP contribution in [0.1, 0.15) is 142 Å². The van der Waals surface area contributed by atoms with Gasteiger partial charge in [0.05, 0.1) is 26.7 Å². The van der Waals surface area contributed by atoms with Gasteiger partial charge in [0, 0.05) is 0 Å². The van der Waals surface area contributed by atoms with Crippen molar-refractivity contribution in [3.8, 4) is 0 Å². The molecule has 0 aliphatic heterocycles. The summed E-state index contributed by atoms with van der Waals surface area (Å²) < 4.78 is 1.04. The van der Waals surface area contributed by atoms with Crippen molar-refractivity contribution in [1.29, 1.82) is 0 Å². The van der Waals surface area contributed by atoms with Gasteiger partial charge >= 0.3 is 0 Å². The summed E-state index contributed by atoms with van der Waals surface area (Å²) in [5, 5.41) is 9.18. The van der Waals surface area contributed by atoms with Crippen molar-refractivity contribution in [3.05, 3.63) is 0 Å². The average Bonchev–Trinajstić information content (AvgIpc) is 2.72. The first-order chi connectivity index (χ1) is 14.2. The Morgan fingerprint density at radius 2 is 0.759 bits per heavy atom. The van der Waals surface area contributed by atoms with Gasteiger partial charge in [-0.2, -0.15) is 0 Å². The van der Waals surface area contributed by atoms with E-state index < -0.39 is 0 Å². The Labute approximate surface area is 185 Å². The summed E-state index contributed by atoms with van der Waals surface area (Å²) in [7, 11) is 2.28. The number of aliphatic hydroxyl groups excluding tert-OH is 1. The van der Waals surface area contributed by atoms with E-state index in [-0.39, 0.29) is 0 Å². The van der Waals surface area contributed by atoms with Crippen LogP contribution in [0.3, 0.4) is 0 Å². The molecule has 29 heavy (non-hydrogen) atoms. The molecule has 0 aliphatic rings. The maximum atomic E-state index is 9.18. The van der Waals surface area contributed by atoms with E-state index in [1.165, 1.54) is 135 Å². The third-order valence-electron chi connectivity index (χ3n) is 6.95. The summed E-state index contributed by atoms with van der Waals surface area (Å²) in [6.07, 6.45) is 28.9. The zero-order chi connectivity index (χ0) is 21.5. The summed E-state index contributed by atoms with van der Waals surface area (Å²) in [5.74, 6) is 0. The molecular formula is C27H58NO+.